The van der Waals surface area contributed by atoms with E-state index < -0.39 is 20.7 Å². The second-order valence-electron chi connectivity index (χ2n) is 8.56. The van der Waals surface area contributed by atoms with Crippen LogP contribution in [-0.2, 0) is 14.8 Å². The molecule has 0 unspecified atom stereocenters. The molecule has 1 aliphatic heterocycles. The largest absolute Gasteiger partial charge is 0.379 e. The van der Waals surface area contributed by atoms with E-state index in [0.717, 1.165) is 30.3 Å². The van der Waals surface area contributed by atoms with E-state index in [2.05, 4.69) is 9.88 Å². The van der Waals surface area contributed by atoms with Crippen molar-refractivity contribution in [2.24, 2.45) is 0 Å². The van der Waals surface area contributed by atoms with E-state index in [1.807, 2.05) is 19.9 Å². The molecule has 174 valence electrons. The average Bonchev–Trinajstić information content (AvgIpc) is 3.10. The van der Waals surface area contributed by atoms with Crippen molar-refractivity contribution in [3.8, 4) is 0 Å². The molecule has 2 aliphatic rings. The van der Waals surface area contributed by atoms with Gasteiger partial charge in [0.05, 0.1) is 18.8 Å². The van der Waals surface area contributed by atoms with E-state index in [4.69, 9.17) is 4.74 Å². The number of anilines is 1. The zero-order valence-electron chi connectivity index (χ0n) is 18.6. The number of ether oxygens (including phenoxy) is 1. The Morgan fingerprint density at radius 2 is 1.78 bits per heavy atom. The molecular weight excluding hydrogens is 433 g/mol. The first-order chi connectivity index (χ1) is 15.3. The van der Waals surface area contributed by atoms with E-state index in [1.165, 1.54) is 35.7 Å². The van der Waals surface area contributed by atoms with Crippen molar-refractivity contribution < 1.29 is 22.3 Å². The molecule has 2 fully saturated rings. The zero-order valence-corrected chi connectivity index (χ0v) is 19.4. The van der Waals surface area contributed by atoms with Crippen LogP contribution in [0.4, 0.5) is 10.1 Å². The lowest BCUT2D eigenvalue weighted by molar-refractivity contribution is 0.0729. The van der Waals surface area contributed by atoms with Crippen molar-refractivity contribution in [2.45, 2.75) is 56.9 Å². The molecule has 0 radical (unpaired) electrons. The maximum Gasteiger partial charge on any atom is 0.257 e. The molecule has 4 rings (SSSR count). The number of aryl methyl sites for hydroxylation is 1. The molecule has 0 bridgehead atoms. The Kier molecular flexibility index (Phi) is 6.69. The van der Waals surface area contributed by atoms with E-state index >= 15 is 0 Å². The molecule has 9 heteroatoms. The van der Waals surface area contributed by atoms with Crippen LogP contribution in [0.3, 0.4) is 0 Å². The fourth-order valence-corrected chi connectivity index (χ4v) is 6.31. The van der Waals surface area contributed by atoms with E-state index in [1.54, 1.807) is 0 Å². The van der Waals surface area contributed by atoms with Crippen molar-refractivity contribution in [2.75, 3.05) is 31.6 Å². The third-order valence-electron chi connectivity index (χ3n) is 6.45. The van der Waals surface area contributed by atoms with Crippen molar-refractivity contribution in [3.63, 3.8) is 0 Å². The van der Waals surface area contributed by atoms with Gasteiger partial charge >= 0.3 is 0 Å². The minimum absolute atomic E-state index is 0.172. The number of carbonyl (C=O) groups is 1. The molecule has 2 aromatic rings. The summed E-state index contributed by atoms with van der Waals surface area (Å²) >= 11 is 0. The number of benzene rings is 1. The molecule has 2 heterocycles. The number of rotatable bonds is 5. The quantitative estimate of drug-likeness (QED) is 0.726. The van der Waals surface area contributed by atoms with Gasteiger partial charge in [-0.05, 0) is 51.0 Å². The summed E-state index contributed by atoms with van der Waals surface area (Å²) in [6.07, 6.45) is 5.86. The molecular formula is C23H30FN3O4S. The van der Waals surface area contributed by atoms with Gasteiger partial charge in [-0.1, -0.05) is 19.3 Å². The van der Waals surface area contributed by atoms with Crippen molar-refractivity contribution >= 4 is 21.6 Å². The third kappa shape index (κ3) is 4.46. The Labute approximate surface area is 188 Å². The minimum atomic E-state index is -4.02. The van der Waals surface area contributed by atoms with Crippen LogP contribution < -0.4 is 5.32 Å². The van der Waals surface area contributed by atoms with Gasteiger partial charge in [-0.3, -0.25) is 4.79 Å². The Morgan fingerprint density at radius 3 is 2.47 bits per heavy atom. The summed E-state index contributed by atoms with van der Waals surface area (Å²) in [5.74, 6) is -1.17. The Bertz CT molecular complexity index is 1100. The number of halogens is 1. The molecule has 1 aromatic heterocycles. The minimum Gasteiger partial charge on any atom is -0.379 e. The normalized spacial score (nSPS) is 18.6. The second kappa shape index (κ2) is 9.33. The standard InChI is InChI=1S/C23H30FN3O4S/c1-16-14-20(17(2)27(16)19-6-4-3-5-7-19)23(28)25-18-8-9-21(24)22(15-18)32(29,30)26-10-12-31-13-11-26/h8-9,14-15,19H,3-7,10-13H2,1-2H3,(H,25,28). The number of hydrogen-bond donors (Lipinski definition) is 1. The van der Waals surface area contributed by atoms with Crippen LogP contribution in [0, 0.1) is 19.7 Å². The second-order valence-corrected chi connectivity index (χ2v) is 10.5. The summed E-state index contributed by atoms with van der Waals surface area (Å²) < 4.78 is 48.9. The van der Waals surface area contributed by atoms with Gasteiger partial charge in [-0.25, -0.2) is 12.8 Å². The van der Waals surface area contributed by atoms with Crippen molar-refractivity contribution in [1.82, 2.24) is 8.87 Å². The van der Waals surface area contributed by atoms with Crippen LogP contribution >= 0.6 is 0 Å². The van der Waals surface area contributed by atoms with Gasteiger partial charge in [0, 0.05) is 36.2 Å². The number of hydrogen-bond acceptors (Lipinski definition) is 4. The maximum atomic E-state index is 14.5. The van der Waals surface area contributed by atoms with Gasteiger partial charge in [-0.2, -0.15) is 4.31 Å². The van der Waals surface area contributed by atoms with Gasteiger partial charge in [0.1, 0.15) is 10.7 Å². The zero-order chi connectivity index (χ0) is 22.9. The SMILES string of the molecule is Cc1cc(C(=O)Nc2ccc(F)c(S(=O)(=O)N3CCOCC3)c2)c(C)n1C1CCCCC1. The summed E-state index contributed by atoms with van der Waals surface area (Å²) in [6, 6.07) is 5.92. The number of aromatic nitrogens is 1. The van der Waals surface area contributed by atoms with Crippen LogP contribution in [0.15, 0.2) is 29.2 Å². The van der Waals surface area contributed by atoms with Crippen LogP contribution in [-0.4, -0.2) is 49.5 Å². The summed E-state index contributed by atoms with van der Waals surface area (Å²) in [5, 5.41) is 2.76. The first-order valence-corrected chi connectivity index (χ1v) is 12.6. The van der Waals surface area contributed by atoms with Gasteiger partial charge in [-0.15, -0.1) is 0 Å². The van der Waals surface area contributed by atoms with Crippen LogP contribution in [0.5, 0.6) is 0 Å². The highest BCUT2D eigenvalue weighted by atomic mass is 32.2. The lowest BCUT2D eigenvalue weighted by Crippen LogP contribution is -2.40. The first kappa shape index (κ1) is 22.9. The molecule has 1 saturated carbocycles. The molecule has 1 N–H and O–H groups in total. The third-order valence-corrected chi connectivity index (χ3v) is 8.36. The topological polar surface area (TPSA) is 80.6 Å². The van der Waals surface area contributed by atoms with Crippen LogP contribution in [0.25, 0.3) is 0 Å². The van der Waals surface area contributed by atoms with Crippen LogP contribution in [0.2, 0.25) is 0 Å². The van der Waals surface area contributed by atoms with Gasteiger partial charge in [0.15, 0.2) is 0 Å². The van der Waals surface area contributed by atoms with Crippen molar-refractivity contribution in [3.05, 3.63) is 47.0 Å². The molecule has 1 saturated heterocycles. The van der Waals surface area contributed by atoms with Gasteiger partial charge < -0.3 is 14.6 Å². The average molecular weight is 464 g/mol. The summed E-state index contributed by atoms with van der Waals surface area (Å²) in [4.78, 5) is 12.6. The van der Waals surface area contributed by atoms with E-state index in [0.29, 0.717) is 11.6 Å². The Balaban J connectivity index is 1.57. The molecule has 1 aliphatic carbocycles. The number of carbonyl (C=O) groups excluding carboxylic acids is 1. The predicted octanol–water partition coefficient (Wildman–Crippen LogP) is 4.02. The molecule has 0 spiro atoms. The maximum absolute atomic E-state index is 14.5. The van der Waals surface area contributed by atoms with E-state index in [-0.39, 0.29) is 37.9 Å². The lowest BCUT2D eigenvalue weighted by atomic mass is 9.95. The van der Waals surface area contributed by atoms with E-state index in [9.17, 15) is 17.6 Å². The smallest absolute Gasteiger partial charge is 0.257 e. The fourth-order valence-electron chi connectivity index (χ4n) is 4.81. The predicted molar refractivity (Wildman–Crippen MR) is 120 cm³/mol. The van der Waals surface area contributed by atoms with Gasteiger partial charge in [0.2, 0.25) is 10.0 Å². The number of nitrogens with zero attached hydrogens (tertiary/aromatic N) is 2. The first-order valence-electron chi connectivity index (χ1n) is 11.2. The number of morpholine rings is 1. The van der Waals surface area contributed by atoms with Crippen LogP contribution in [0.1, 0.15) is 59.9 Å². The number of amides is 1. The fraction of sp³-hybridized carbons (Fsp3) is 0.522. The van der Waals surface area contributed by atoms with Gasteiger partial charge in [0.25, 0.3) is 5.91 Å². The Hall–Kier alpha value is -2.23. The molecule has 1 aromatic carbocycles. The lowest BCUT2D eigenvalue weighted by Gasteiger charge is -2.26. The molecule has 32 heavy (non-hydrogen) atoms. The summed E-state index contributed by atoms with van der Waals surface area (Å²) in [5.41, 5.74) is 2.73. The molecule has 1 amide bonds. The molecule has 0 atom stereocenters. The monoisotopic (exact) mass is 463 g/mol. The highest BCUT2D eigenvalue weighted by molar-refractivity contribution is 7.89. The summed E-state index contributed by atoms with van der Waals surface area (Å²) in [7, 11) is -4.02. The highest BCUT2D eigenvalue weighted by Gasteiger charge is 2.30. The highest BCUT2D eigenvalue weighted by Crippen LogP contribution is 2.32. The molecule has 7 nitrogen and oxygen atoms in total. The Morgan fingerprint density at radius 1 is 1.09 bits per heavy atom. The number of sulfonamides is 1. The number of nitrogens with one attached hydrogen (secondary N) is 1. The summed E-state index contributed by atoms with van der Waals surface area (Å²) in [6.45, 7) is 4.83. The van der Waals surface area contributed by atoms with Crippen molar-refractivity contribution in [1.29, 1.82) is 0 Å².